The van der Waals surface area contributed by atoms with E-state index in [9.17, 15) is 9.59 Å². The maximum Gasteiger partial charge on any atom is 0.408 e. The molecule has 0 bridgehead atoms. The normalized spacial score (nSPS) is 11.4. The third-order valence-electron chi connectivity index (χ3n) is 4.69. The lowest BCUT2D eigenvalue weighted by molar-refractivity contribution is -0.123. The molecule has 0 saturated heterocycles. The summed E-state index contributed by atoms with van der Waals surface area (Å²) in [7, 11) is 0. The van der Waals surface area contributed by atoms with Gasteiger partial charge in [0.05, 0.1) is 0 Å². The number of carbonyl (C=O) groups is 2. The predicted molar refractivity (Wildman–Crippen MR) is 117 cm³/mol. The van der Waals surface area contributed by atoms with Gasteiger partial charge in [-0.15, -0.1) is 0 Å². The van der Waals surface area contributed by atoms with Crippen LogP contribution in [-0.4, -0.2) is 18.0 Å². The Morgan fingerprint density at radius 3 is 2.03 bits per heavy atom. The van der Waals surface area contributed by atoms with Crippen LogP contribution in [0.5, 0.6) is 0 Å². The number of carbonyl (C=O) groups excluding carboxylic acids is 2. The Hall–Kier alpha value is -3.60. The second-order valence-electron chi connectivity index (χ2n) is 7.15. The van der Waals surface area contributed by atoms with E-state index in [1.54, 1.807) is 0 Å². The van der Waals surface area contributed by atoms with Gasteiger partial charge in [-0.1, -0.05) is 90.5 Å². The Morgan fingerprint density at radius 2 is 1.40 bits per heavy atom. The zero-order valence-electron chi connectivity index (χ0n) is 17.0. The van der Waals surface area contributed by atoms with Crippen molar-refractivity contribution in [1.82, 2.24) is 10.6 Å². The Kier molecular flexibility index (Phi) is 7.61. The molecule has 0 aliphatic rings. The lowest BCUT2D eigenvalue weighted by Gasteiger charge is -2.19. The molecule has 0 heterocycles. The standard InChI is InChI=1S/C25H26N2O3/c1-19-12-14-21(15-13-19)17-26-24(28)23(16-20-8-4-2-5-9-20)27-25(29)30-18-22-10-6-3-7-11-22/h2-15,23H,16-18H2,1H3,(H,26,28)(H,27,29)/t23-/m1/s1. The van der Waals surface area contributed by atoms with E-state index >= 15 is 0 Å². The lowest BCUT2D eigenvalue weighted by atomic mass is 10.1. The fourth-order valence-electron chi connectivity index (χ4n) is 2.98. The van der Waals surface area contributed by atoms with E-state index in [0.29, 0.717) is 13.0 Å². The van der Waals surface area contributed by atoms with Gasteiger partial charge in [-0.2, -0.15) is 0 Å². The summed E-state index contributed by atoms with van der Waals surface area (Å²) >= 11 is 0. The number of hydrogen-bond donors (Lipinski definition) is 2. The summed E-state index contributed by atoms with van der Waals surface area (Å²) in [4.78, 5) is 25.1. The fraction of sp³-hybridized carbons (Fsp3) is 0.200. The van der Waals surface area contributed by atoms with Crippen molar-refractivity contribution in [2.24, 2.45) is 0 Å². The van der Waals surface area contributed by atoms with Gasteiger partial charge in [0.2, 0.25) is 5.91 Å². The molecule has 0 aliphatic carbocycles. The summed E-state index contributed by atoms with van der Waals surface area (Å²) < 4.78 is 5.29. The summed E-state index contributed by atoms with van der Waals surface area (Å²) in [5.41, 5.74) is 4.00. The van der Waals surface area contributed by atoms with Crippen molar-refractivity contribution in [3.05, 3.63) is 107 Å². The molecule has 5 heteroatoms. The van der Waals surface area contributed by atoms with Crippen molar-refractivity contribution in [1.29, 1.82) is 0 Å². The summed E-state index contributed by atoms with van der Waals surface area (Å²) in [5, 5.41) is 5.62. The van der Waals surface area contributed by atoms with E-state index in [1.165, 1.54) is 0 Å². The van der Waals surface area contributed by atoms with Gasteiger partial charge >= 0.3 is 6.09 Å². The minimum absolute atomic E-state index is 0.149. The molecule has 0 unspecified atom stereocenters. The van der Waals surface area contributed by atoms with Crippen molar-refractivity contribution in [3.63, 3.8) is 0 Å². The second kappa shape index (κ2) is 10.8. The third kappa shape index (κ3) is 6.78. The fourth-order valence-corrected chi connectivity index (χ4v) is 2.98. The van der Waals surface area contributed by atoms with Crippen LogP contribution >= 0.6 is 0 Å². The summed E-state index contributed by atoms with van der Waals surface area (Å²) in [5.74, 6) is -0.254. The number of benzene rings is 3. The average Bonchev–Trinajstić information content (AvgIpc) is 2.78. The number of alkyl carbamates (subject to hydrolysis) is 1. The largest absolute Gasteiger partial charge is 0.445 e. The van der Waals surface area contributed by atoms with Gasteiger partial charge in [0.25, 0.3) is 0 Å². The van der Waals surface area contributed by atoms with E-state index in [2.05, 4.69) is 10.6 Å². The number of aryl methyl sites for hydroxylation is 1. The van der Waals surface area contributed by atoms with Crippen LogP contribution in [0, 0.1) is 6.92 Å². The first-order chi connectivity index (χ1) is 14.6. The maximum atomic E-state index is 12.8. The van der Waals surface area contributed by atoms with Crippen LogP contribution in [-0.2, 0) is 29.1 Å². The van der Waals surface area contributed by atoms with Crippen LogP contribution in [0.15, 0.2) is 84.9 Å². The molecule has 0 spiro atoms. The number of hydrogen-bond acceptors (Lipinski definition) is 3. The van der Waals surface area contributed by atoms with Crippen molar-refractivity contribution >= 4 is 12.0 Å². The SMILES string of the molecule is Cc1ccc(CNC(=O)[C@@H](Cc2ccccc2)NC(=O)OCc2ccccc2)cc1. The Labute approximate surface area is 177 Å². The Morgan fingerprint density at radius 1 is 0.800 bits per heavy atom. The van der Waals surface area contributed by atoms with Gasteiger partial charge in [-0.25, -0.2) is 4.79 Å². The highest BCUT2D eigenvalue weighted by Crippen LogP contribution is 2.07. The molecule has 30 heavy (non-hydrogen) atoms. The second-order valence-corrected chi connectivity index (χ2v) is 7.15. The highest BCUT2D eigenvalue weighted by molar-refractivity contribution is 5.85. The molecule has 1 atom stereocenters. The Balaban J connectivity index is 1.60. The molecule has 154 valence electrons. The molecule has 2 amide bonds. The van der Waals surface area contributed by atoms with Gasteiger partial charge in [-0.05, 0) is 23.6 Å². The molecule has 5 nitrogen and oxygen atoms in total. The molecule has 3 rings (SSSR count). The predicted octanol–water partition coefficient (Wildman–Crippen LogP) is 4.15. The van der Waals surface area contributed by atoms with E-state index < -0.39 is 12.1 Å². The van der Waals surface area contributed by atoms with Gasteiger partial charge < -0.3 is 15.4 Å². The van der Waals surface area contributed by atoms with E-state index in [4.69, 9.17) is 4.74 Å². The molecule has 0 saturated carbocycles. The van der Waals surface area contributed by atoms with Crippen molar-refractivity contribution < 1.29 is 14.3 Å². The zero-order chi connectivity index (χ0) is 21.2. The van der Waals surface area contributed by atoms with Gasteiger partial charge in [-0.3, -0.25) is 4.79 Å². The quantitative estimate of drug-likeness (QED) is 0.595. The van der Waals surface area contributed by atoms with E-state index in [-0.39, 0.29) is 12.5 Å². The molecule has 2 N–H and O–H groups in total. The number of ether oxygens (including phenoxy) is 1. The van der Waals surface area contributed by atoms with Crippen molar-refractivity contribution in [2.45, 2.75) is 32.5 Å². The van der Waals surface area contributed by atoms with Crippen molar-refractivity contribution in [3.8, 4) is 0 Å². The first kappa shape index (κ1) is 21.1. The first-order valence-corrected chi connectivity index (χ1v) is 9.94. The molecule has 3 aromatic rings. The van der Waals surface area contributed by atoms with Gasteiger partial charge in [0, 0.05) is 13.0 Å². The number of amides is 2. The highest BCUT2D eigenvalue weighted by Gasteiger charge is 2.22. The molecular weight excluding hydrogens is 376 g/mol. The molecule has 0 aliphatic heterocycles. The minimum Gasteiger partial charge on any atom is -0.445 e. The maximum absolute atomic E-state index is 12.8. The van der Waals surface area contributed by atoms with E-state index in [1.807, 2.05) is 91.9 Å². The van der Waals surface area contributed by atoms with Crippen molar-refractivity contribution in [2.75, 3.05) is 0 Å². The molecular formula is C25H26N2O3. The van der Waals surface area contributed by atoms with Gasteiger partial charge in [0.15, 0.2) is 0 Å². The summed E-state index contributed by atoms with van der Waals surface area (Å²) in [6.07, 6.45) is -0.244. The van der Waals surface area contributed by atoms with Crippen LogP contribution < -0.4 is 10.6 Å². The molecule has 3 aromatic carbocycles. The summed E-state index contributed by atoms with van der Waals surface area (Å²) in [6, 6.07) is 26.2. The number of nitrogens with one attached hydrogen (secondary N) is 2. The highest BCUT2D eigenvalue weighted by atomic mass is 16.5. The zero-order valence-corrected chi connectivity index (χ0v) is 17.0. The van der Waals surface area contributed by atoms with Crippen LogP contribution in [0.4, 0.5) is 4.79 Å². The minimum atomic E-state index is -0.735. The monoisotopic (exact) mass is 402 g/mol. The van der Waals surface area contributed by atoms with Crippen LogP contribution in [0.3, 0.4) is 0 Å². The Bertz CT molecular complexity index is 941. The molecule has 0 aromatic heterocycles. The van der Waals surface area contributed by atoms with Crippen LogP contribution in [0.1, 0.15) is 22.3 Å². The smallest absolute Gasteiger partial charge is 0.408 e. The van der Waals surface area contributed by atoms with Gasteiger partial charge in [0.1, 0.15) is 12.6 Å². The summed E-state index contributed by atoms with van der Waals surface area (Å²) in [6.45, 7) is 2.56. The average molecular weight is 402 g/mol. The van der Waals surface area contributed by atoms with Crippen LogP contribution in [0.2, 0.25) is 0 Å². The lowest BCUT2D eigenvalue weighted by Crippen LogP contribution is -2.48. The van der Waals surface area contributed by atoms with E-state index in [0.717, 1.165) is 22.3 Å². The first-order valence-electron chi connectivity index (χ1n) is 9.94. The third-order valence-corrected chi connectivity index (χ3v) is 4.69. The topological polar surface area (TPSA) is 67.4 Å². The number of rotatable bonds is 8. The molecule has 0 fully saturated rings. The van der Waals surface area contributed by atoms with Crippen LogP contribution in [0.25, 0.3) is 0 Å². The molecule has 0 radical (unpaired) electrons.